The van der Waals surface area contributed by atoms with Crippen molar-refractivity contribution in [2.24, 2.45) is 5.92 Å². The van der Waals surface area contributed by atoms with Crippen molar-refractivity contribution in [2.45, 2.75) is 12.8 Å². The van der Waals surface area contributed by atoms with Crippen LogP contribution >= 0.6 is 0 Å². The molecule has 2 amide bonds. The van der Waals surface area contributed by atoms with Gasteiger partial charge in [0.25, 0.3) is 0 Å². The van der Waals surface area contributed by atoms with Gasteiger partial charge in [-0.05, 0) is 30.2 Å². The van der Waals surface area contributed by atoms with E-state index in [4.69, 9.17) is 4.74 Å². The molecule has 1 fully saturated rings. The van der Waals surface area contributed by atoms with E-state index in [0.29, 0.717) is 19.5 Å². The molecule has 0 bridgehead atoms. The molecule has 0 spiro atoms. The third-order valence-electron chi connectivity index (χ3n) is 4.88. The molecule has 1 saturated heterocycles. The topological polar surface area (TPSA) is 49.9 Å². The summed E-state index contributed by atoms with van der Waals surface area (Å²) in [6, 6.07) is 17.3. The van der Waals surface area contributed by atoms with E-state index in [1.54, 1.807) is 24.0 Å². The molecule has 0 aromatic heterocycles. The third-order valence-corrected chi connectivity index (χ3v) is 4.88. The molecule has 1 aliphatic rings. The number of carbonyl (C=O) groups excluding carboxylic acids is 2. The highest BCUT2D eigenvalue weighted by molar-refractivity contribution is 5.98. The largest absolute Gasteiger partial charge is 0.496 e. The molecule has 0 aliphatic carbocycles. The van der Waals surface area contributed by atoms with Gasteiger partial charge in [0.1, 0.15) is 5.75 Å². The van der Waals surface area contributed by atoms with Crippen LogP contribution in [0, 0.1) is 5.92 Å². The van der Waals surface area contributed by atoms with E-state index in [1.807, 2.05) is 54.6 Å². The van der Waals surface area contributed by atoms with Gasteiger partial charge in [0.2, 0.25) is 11.8 Å². The average Bonchev–Trinajstić information content (AvgIpc) is 3.06. The number of ether oxygens (including phenoxy) is 1. The predicted octanol–water partition coefficient (Wildman–Crippen LogP) is 2.75. The van der Waals surface area contributed by atoms with E-state index in [0.717, 1.165) is 17.0 Å². The number of carbonyl (C=O) groups is 2. The first-order chi connectivity index (χ1) is 12.6. The van der Waals surface area contributed by atoms with Crippen LogP contribution in [0.15, 0.2) is 54.6 Å². The quantitative estimate of drug-likeness (QED) is 0.803. The SMILES string of the molecule is COc1ccccc1CCN1CC(C(=O)N(C)c2ccccc2)CC1=O. The van der Waals surface area contributed by atoms with Crippen LogP contribution in [0.2, 0.25) is 0 Å². The molecule has 2 aromatic rings. The molecule has 1 unspecified atom stereocenters. The Kier molecular flexibility index (Phi) is 5.56. The van der Waals surface area contributed by atoms with E-state index >= 15 is 0 Å². The van der Waals surface area contributed by atoms with Gasteiger partial charge in [-0.3, -0.25) is 9.59 Å². The zero-order valence-corrected chi connectivity index (χ0v) is 15.2. The van der Waals surface area contributed by atoms with Crippen molar-refractivity contribution < 1.29 is 14.3 Å². The van der Waals surface area contributed by atoms with Crippen molar-refractivity contribution in [3.05, 3.63) is 60.2 Å². The van der Waals surface area contributed by atoms with Crippen molar-refractivity contribution in [3.63, 3.8) is 0 Å². The number of methoxy groups -OCH3 is 1. The Hall–Kier alpha value is -2.82. The Bertz CT molecular complexity index is 776. The fourth-order valence-corrected chi connectivity index (χ4v) is 3.37. The number of hydrogen-bond donors (Lipinski definition) is 0. The molecule has 1 heterocycles. The summed E-state index contributed by atoms with van der Waals surface area (Å²) in [6.45, 7) is 1.07. The van der Waals surface area contributed by atoms with Crippen LogP contribution < -0.4 is 9.64 Å². The molecular weight excluding hydrogens is 328 g/mol. The van der Waals surface area contributed by atoms with Crippen molar-refractivity contribution in [1.29, 1.82) is 0 Å². The summed E-state index contributed by atoms with van der Waals surface area (Å²) in [6.07, 6.45) is 0.993. The lowest BCUT2D eigenvalue weighted by atomic mass is 10.1. The van der Waals surface area contributed by atoms with Gasteiger partial charge >= 0.3 is 0 Å². The molecular formula is C21H24N2O3. The minimum absolute atomic E-state index is 0.00987. The van der Waals surface area contributed by atoms with Crippen molar-refractivity contribution in [1.82, 2.24) is 4.90 Å². The van der Waals surface area contributed by atoms with Crippen molar-refractivity contribution in [2.75, 3.05) is 32.1 Å². The summed E-state index contributed by atoms with van der Waals surface area (Å²) in [5.41, 5.74) is 1.91. The summed E-state index contributed by atoms with van der Waals surface area (Å²) >= 11 is 0. The molecule has 2 aromatic carbocycles. The van der Waals surface area contributed by atoms with Gasteiger partial charge in [0, 0.05) is 32.2 Å². The molecule has 3 rings (SSSR count). The molecule has 5 nitrogen and oxygen atoms in total. The molecule has 0 N–H and O–H groups in total. The lowest BCUT2D eigenvalue weighted by molar-refractivity contribution is -0.128. The lowest BCUT2D eigenvalue weighted by Crippen LogP contribution is -2.35. The van der Waals surface area contributed by atoms with Crippen LogP contribution in [0.3, 0.4) is 0 Å². The summed E-state index contributed by atoms with van der Waals surface area (Å²) in [7, 11) is 3.41. The Labute approximate surface area is 154 Å². The maximum Gasteiger partial charge on any atom is 0.232 e. The average molecular weight is 352 g/mol. The number of para-hydroxylation sites is 2. The first-order valence-electron chi connectivity index (χ1n) is 8.82. The molecule has 1 atom stereocenters. The highest BCUT2D eigenvalue weighted by Crippen LogP contribution is 2.24. The zero-order chi connectivity index (χ0) is 18.5. The second kappa shape index (κ2) is 8.04. The Morgan fingerprint density at radius 2 is 1.85 bits per heavy atom. The van der Waals surface area contributed by atoms with Gasteiger partial charge < -0.3 is 14.5 Å². The van der Waals surface area contributed by atoms with Crippen LogP contribution in [-0.2, 0) is 16.0 Å². The van der Waals surface area contributed by atoms with Crippen LogP contribution in [0.4, 0.5) is 5.69 Å². The van der Waals surface area contributed by atoms with Crippen molar-refractivity contribution in [3.8, 4) is 5.75 Å². The van der Waals surface area contributed by atoms with Gasteiger partial charge in [0.05, 0.1) is 13.0 Å². The second-order valence-electron chi connectivity index (χ2n) is 6.54. The van der Waals surface area contributed by atoms with Crippen LogP contribution in [0.25, 0.3) is 0 Å². The molecule has 0 radical (unpaired) electrons. The van der Waals surface area contributed by atoms with Gasteiger partial charge in [-0.1, -0.05) is 36.4 Å². The molecule has 5 heteroatoms. The highest BCUT2D eigenvalue weighted by atomic mass is 16.5. The van der Waals surface area contributed by atoms with Crippen LogP contribution in [-0.4, -0.2) is 44.0 Å². The third kappa shape index (κ3) is 3.87. The number of hydrogen-bond acceptors (Lipinski definition) is 3. The second-order valence-corrected chi connectivity index (χ2v) is 6.54. The lowest BCUT2D eigenvalue weighted by Gasteiger charge is -2.21. The van der Waals surface area contributed by atoms with E-state index in [-0.39, 0.29) is 24.2 Å². The number of benzene rings is 2. The number of likely N-dealkylation sites (tertiary alicyclic amines) is 1. The minimum atomic E-state index is -0.287. The highest BCUT2D eigenvalue weighted by Gasteiger charge is 2.35. The number of rotatable bonds is 6. The summed E-state index contributed by atoms with van der Waals surface area (Å²) in [4.78, 5) is 28.5. The Balaban J connectivity index is 1.60. The smallest absolute Gasteiger partial charge is 0.232 e. The molecule has 26 heavy (non-hydrogen) atoms. The number of amides is 2. The monoisotopic (exact) mass is 352 g/mol. The first-order valence-corrected chi connectivity index (χ1v) is 8.82. The van der Waals surface area contributed by atoms with Crippen LogP contribution in [0.5, 0.6) is 5.75 Å². The maximum absolute atomic E-state index is 12.7. The fraction of sp³-hybridized carbons (Fsp3) is 0.333. The van der Waals surface area contributed by atoms with Gasteiger partial charge in [-0.25, -0.2) is 0 Å². The van der Waals surface area contributed by atoms with Gasteiger partial charge in [0.15, 0.2) is 0 Å². The van der Waals surface area contributed by atoms with E-state index < -0.39 is 0 Å². The number of anilines is 1. The van der Waals surface area contributed by atoms with E-state index in [1.165, 1.54) is 0 Å². The van der Waals surface area contributed by atoms with Crippen molar-refractivity contribution >= 4 is 17.5 Å². The Morgan fingerprint density at radius 1 is 1.15 bits per heavy atom. The van der Waals surface area contributed by atoms with Crippen LogP contribution in [0.1, 0.15) is 12.0 Å². The Morgan fingerprint density at radius 3 is 2.58 bits per heavy atom. The summed E-state index contributed by atoms with van der Waals surface area (Å²) in [5.74, 6) is 0.574. The molecule has 0 saturated carbocycles. The maximum atomic E-state index is 12.7. The van der Waals surface area contributed by atoms with Gasteiger partial charge in [-0.15, -0.1) is 0 Å². The number of nitrogens with zero attached hydrogens (tertiary/aromatic N) is 2. The minimum Gasteiger partial charge on any atom is -0.496 e. The predicted molar refractivity (Wildman–Crippen MR) is 101 cm³/mol. The standard InChI is InChI=1S/C21H24N2O3/c1-22(18-9-4-3-5-10-18)21(25)17-14-20(24)23(15-17)13-12-16-8-6-7-11-19(16)26-2/h3-11,17H,12-15H2,1-2H3. The fourth-order valence-electron chi connectivity index (χ4n) is 3.37. The molecule has 1 aliphatic heterocycles. The van der Waals surface area contributed by atoms with E-state index in [9.17, 15) is 9.59 Å². The van der Waals surface area contributed by atoms with Gasteiger partial charge in [-0.2, -0.15) is 0 Å². The first kappa shape index (κ1) is 18.0. The van der Waals surface area contributed by atoms with E-state index in [2.05, 4.69) is 0 Å². The summed E-state index contributed by atoms with van der Waals surface area (Å²) in [5, 5.41) is 0. The summed E-state index contributed by atoms with van der Waals surface area (Å²) < 4.78 is 5.36. The normalized spacial score (nSPS) is 16.6. The molecule has 136 valence electrons. The zero-order valence-electron chi connectivity index (χ0n) is 15.2.